The molecule has 98 valence electrons. The Labute approximate surface area is 109 Å². The number of carbonyl (C=O) groups is 2. The van der Waals surface area contributed by atoms with Gasteiger partial charge in [-0.25, -0.2) is 9.59 Å². The van der Waals surface area contributed by atoms with Crippen molar-refractivity contribution in [2.75, 3.05) is 11.9 Å². The summed E-state index contributed by atoms with van der Waals surface area (Å²) in [5.74, 6) is -1.40. The maximum atomic E-state index is 11.5. The fourth-order valence-electron chi connectivity index (χ4n) is 1.22. The number of aliphatic hydroxyl groups is 1. The first-order valence-corrected chi connectivity index (χ1v) is 5.50. The van der Waals surface area contributed by atoms with Crippen LogP contribution >= 0.6 is 11.6 Å². The van der Waals surface area contributed by atoms with Crippen molar-refractivity contribution in [3.8, 4) is 0 Å². The zero-order valence-electron chi connectivity index (χ0n) is 9.61. The maximum absolute atomic E-state index is 11.5. The third kappa shape index (κ3) is 3.90. The number of carboxylic acid groups (broad SMARTS) is 1. The van der Waals surface area contributed by atoms with Crippen LogP contribution in [0.5, 0.6) is 0 Å². The van der Waals surface area contributed by atoms with E-state index in [4.69, 9.17) is 21.8 Å². The highest BCUT2D eigenvalue weighted by atomic mass is 35.5. The van der Waals surface area contributed by atoms with E-state index in [9.17, 15) is 9.59 Å². The normalized spacial score (nSPS) is 11.7. The first-order valence-electron chi connectivity index (χ1n) is 5.12. The van der Waals surface area contributed by atoms with Gasteiger partial charge in [0.25, 0.3) is 0 Å². The van der Waals surface area contributed by atoms with Crippen molar-refractivity contribution in [1.29, 1.82) is 0 Å². The van der Waals surface area contributed by atoms with E-state index in [0.29, 0.717) is 10.7 Å². The number of nitrogens with one attached hydrogen (secondary N) is 2. The summed E-state index contributed by atoms with van der Waals surface area (Å²) in [7, 11) is 0. The topological polar surface area (TPSA) is 98.7 Å². The van der Waals surface area contributed by atoms with Crippen molar-refractivity contribution < 1.29 is 19.8 Å². The molecule has 1 atom stereocenters. The fourth-order valence-corrected chi connectivity index (χ4v) is 1.49. The molecule has 1 rings (SSSR count). The third-order valence-electron chi connectivity index (χ3n) is 2.20. The first kappa shape index (κ1) is 14.3. The number of hydrogen-bond acceptors (Lipinski definition) is 3. The molecule has 0 radical (unpaired) electrons. The number of carbonyl (C=O) groups excluding carboxylic acids is 1. The number of rotatable bonds is 4. The molecular formula is C11H13ClN2O4. The second kappa shape index (κ2) is 6.23. The van der Waals surface area contributed by atoms with Gasteiger partial charge in [-0.3, -0.25) is 0 Å². The predicted octanol–water partition coefficient (Wildman–Crippen LogP) is 1.22. The van der Waals surface area contributed by atoms with E-state index in [1.807, 2.05) is 0 Å². The van der Waals surface area contributed by atoms with Gasteiger partial charge in [0, 0.05) is 0 Å². The molecule has 0 bridgehead atoms. The molecule has 7 heteroatoms. The number of urea groups is 1. The largest absolute Gasteiger partial charge is 0.479 e. The minimum Gasteiger partial charge on any atom is -0.479 e. The number of amides is 2. The predicted molar refractivity (Wildman–Crippen MR) is 66.9 cm³/mol. The lowest BCUT2D eigenvalue weighted by atomic mass is 10.2. The van der Waals surface area contributed by atoms with Crippen LogP contribution in [0.15, 0.2) is 18.2 Å². The van der Waals surface area contributed by atoms with Gasteiger partial charge in [-0.05, 0) is 18.6 Å². The summed E-state index contributed by atoms with van der Waals surface area (Å²) in [6, 6.07) is 4.50. The fraction of sp³-hybridized carbons (Fsp3) is 0.273. The molecule has 0 aliphatic heterocycles. The second-order valence-electron chi connectivity index (χ2n) is 3.62. The highest BCUT2D eigenvalue weighted by molar-refractivity contribution is 6.33. The lowest BCUT2D eigenvalue weighted by Gasteiger charge is -2.12. The van der Waals surface area contributed by atoms with Gasteiger partial charge < -0.3 is 20.8 Å². The van der Waals surface area contributed by atoms with E-state index in [1.165, 1.54) is 0 Å². The molecule has 4 N–H and O–H groups in total. The summed E-state index contributed by atoms with van der Waals surface area (Å²) in [6.45, 7) is 1.39. The molecule has 0 aliphatic carbocycles. The molecule has 0 spiro atoms. The van der Waals surface area contributed by atoms with Gasteiger partial charge in [-0.2, -0.15) is 0 Å². The zero-order valence-corrected chi connectivity index (χ0v) is 10.4. The Bertz CT molecular complexity index is 444. The van der Waals surface area contributed by atoms with Crippen LogP contribution in [0.2, 0.25) is 5.02 Å². The van der Waals surface area contributed by atoms with Crippen LogP contribution < -0.4 is 10.6 Å². The molecule has 1 aromatic carbocycles. The number of aryl methyl sites for hydroxylation is 1. The Kier molecular flexibility index (Phi) is 4.94. The lowest BCUT2D eigenvalue weighted by Crippen LogP contribution is -2.38. The van der Waals surface area contributed by atoms with Crippen molar-refractivity contribution in [1.82, 2.24) is 5.32 Å². The smallest absolute Gasteiger partial charge is 0.334 e. The molecular weight excluding hydrogens is 260 g/mol. The van der Waals surface area contributed by atoms with E-state index >= 15 is 0 Å². The van der Waals surface area contributed by atoms with Crippen molar-refractivity contribution in [3.63, 3.8) is 0 Å². The molecule has 0 heterocycles. The molecule has 0 fully saturated rings. The molecule has 0 unspecified atom stereocenters. The average molecular weight is 273 g/mol. The summed E-state index contributed by atoms with van der Waals surface area (Å²) in [5.41, 5.74) is 1.22. The van der Waals surface area contributed by atoms with Gasteiger partial charge in [-0.1, -0.05) is 23.7 Å². The average Bonchev–Trinajstić information content (AvgIpc) is 2.30. The molecule has 0 aliphatic rings. The Morgan fingerprint density at radius 3 is 2.67 bits per heavy atom. The second-order valence-corrected chi connectivity index (χ2v) is 4.03. The van der Waals surface area contributed by atoms with Crippen LogP contribution in [0.3, 0.4) is 0 Å². The van der Waals surface area contributed by atoms with Crippen molar-refractivity contribution in [2.45, 2.75) is 13.0 Å². The van der Waals surface area contributed by atoms with Crippen LogP contribution in [-0.4, -0.2) is 34.9 Å². The molecule has 0 saturated carbocycles. The summed E-state index contributed by atoms with van der Waals surface area (Å²) in [5, 5.41) is 22.5. The number of para-hydroxylation sites is 1. The summed E-state index contributed by atoms with van der Waals surface area (Å²) >= 11 is 5.90. The minimum absolute atomic E-state index is 0.379. The molecule has 0 aromatic heterocycles. The SMILES string of the molecule is Cc1cccc(Cl)c1NC(=O)NC[C@H](O)C(=O)O. The van der Waals surface area contributed by atoms with Crippen molar-refractivity contribution in [3.05, 3.63) is 28.8 Å². The van der Waals surface area contributed by atoms with Crippen LogP contribution in [-0.2, 0) is 4.79 Å². The number of hydrogen-bond donors (Lipinski definition) is 4. The minimum atomic E-state index is -1.64. The van der Waals surface area contributed by atoms with E-state index in [1.54, 1.807) is 25.1 Å². The van der Waals surface area contributed by atoms with E-state index in [2.05, 4.69) is 10.6 Å². The van der Waals surface area contributed by atoms with Crippen molar-refractivity contribution >= 4 is 29.3 Å². The number of halogens is 1. The van der Waals surface area contributed by atoms with E-state index < -0.39 is 18.1 Å². The highest BCUT2D eigenvalue weighted by Gasteiger charge is 2.14. The number of aliphatic hydroxyl groups excluding tert-OH is 1. The van der Waals surface area contributed by atoms with Gasteiger partial charge in [-0.15, -0.1) is 0 Å². The highest BCUT2D eigenvalue weighted by Crippen LogP contribution is 2.24. The quantitative estimate of drug-likeness (QED) is 0.662. The standard InChI is InChI=1S/C11H13ClN2O4/c1-6-3-2-4-7(12)9(6)14-11(18)13-5-8(15)10(16)17/h2-4,8,15H,5H2,1H3,(H,16,17)(H2,13,14,18)/t8-/m0/s1. The number of carboxylic acids is 1. The summed E-state index contributed by atoms with van der Waals surface area (Å²) in [6.07, 6.45) is -1.64. The third-order valence-corrected chi connectivity index (χ3v) is 2.52. The van der Waals surface area contributed by atoms with Gasteiger partial charge >= 0.3 is 12.0 Å². The van der Waals surface area contributed by atoms with Gasteiger partial charge in [0.2, 0.25) is 0 Å². The molecule has 18 heavy (non-hydrogen) atoms. The molecule has 6 nitrogen and oxygen atoms in total. The molecule has 2 amide bonds. The van der Waals surface area contributed by atoms with E-state index in [-0.39, 0.29) is 6.54 Å². The van der Waals surface area contributed by atoms with Crippen LogP contribution in [0.1, 0.15) is 5.56 Å². The monoisotopic (exact) mass is 272 g/mol. The van der Waals surface area contributed by atoms with Crippen LogP contribution in [0.4, 0.5) is 10.5 Å². The first-order chi connectivity index (χ1) is 8.41. The molecule has 0 saturated heterocycles. The lowest BCUT2D eigenvalue weighted by molar-refractivity contribution is -0.146. The Hall–Kier alpha value is -1.79. The number of anilines is 1. The van der Waals surface area contributed by atoms with Gasteiger partial charge in [0.05, 0.1) is 17.3 Å². The molecule has 1 aromatic rings. The van der Waals surface area contributed by atoms with Crippen molar-refractivity contribution in [2.24, 2.45) is 0 Å². The van der Waals surface area contributed by atoms with Crippen LogP contribution in [0.25, 0.3) is 0 Å². The van der Waals surface area contributed by atoms with Gasteiger partial charge in [0.1, 0.15) is 0 Å². The maximum Gasteiger partial charge on any atom is 0.334 e. The van der Waals surface area contributed by atoms with Gasteiger partial charge in [0.15, 0.2) is 6.10 Å². The Balaban J connectivity index is 2.58. The summed E-state index contributed by atoms with van der Waals surface area (Å²) in [4.78, 5) is 21.8. The Morgan fingerprint density at radius 2 is 2.11 bits per heavy atom. The van der Waals surface area contributed by atoms with E-state index in [0.717, 1.165) is 5.56 Å². The number of aliphatic carboxylic acids is 1. The summed E-state index contributed by atoms with van der Waals surface area (Å²) < 4.78 is 0. The van der Waals surface area contributed by atoms with Crippen LogP contribution in [0, 0.1) is 6.92 Å². The number of benzene rings is 1. The Morgan fingerprint density at radius 1 is 1.44 bits per heavy atom. The zero-order chi connectivity index (χ0) is 13.7.